The minimum absolute atomic E-state index is 0.0411. The lowest BCUT2D eigenvalue weighted by Crippen LogP contribution is -2.51. The average Bonchev–Trinajstić information content (AvgIpc) is 3.21. The van der Waals surface area contributed by atoms with Crippen molar-refractivity contribution in [1.82, 2.24) is 24.8 Å². The van der Waals surface area contributed by atoms with Crippen molar-refractivity contribution in [2.24, 2.45) is 0 Å². The Hall–Kier alpha value is -3.13. The lowest BCUT2D eigenvalue weighted by molar-refractivity contribution is -0.131. The molecule has 3 aromatic rings. The first-order valence-corrected chi connectivity index (χ1v) is 10.7. The predicted molar refractivity (Wildman–Crippen MR) is 120 cm³/mol. The lowest BCUT2D eigenvalue weighted by atomic mass is 10.1. The van der Waals surface area contributed by atoms with E-state index in [2.05, 4.69) is 15.2 Å². The summed E-state index contributed by atoms with van der Waals surface area (Å²) < 4.78 is 1.78. The van der Waals surface area contributed by atoms with Gasteiger partial charge >= 0.3 is 0 Å². The first-order valence-electron chi connectivity index (χ1n) is 10.3. The number of aromatic nitrogens is 3. The largest absolute Gasteiger partial charge is 0.368 e. The number of hydrogen-bond donors (Lipinski definition) is 0. The first kappa shape index (κ1) is 21.1. The van der Waals surface area contributed by atoms with E-state index in [1.165, 1.54) is 4.90 Å². The predicted octanol–water partition coefficient (Wildman–Crippen LogP) is 2.53. The van der Waals surface area contributed by atoms with E-state index < -0.39 is 0 Å². The molecule has 0 radical (unpaired) electrons. The van der Waals surface area contributed by atoms with E-state index in [1.54, 1.807) is 23.9 Å². The first-order chi connectivity index (χ1) is 15.0. The van der Waals surface area contributed by atoms with Gasteiger partial charge in [0.1, 0.15) is 5.52 Å². The summed E-state index contributed by atoms with van der Waals surface area (Å²) in [6.07, 6.45) is 0. The van der Waals surface area contributed by atoms with Gasteiger partial charge in [0.15, 0.2) is 0 Å². The minimum Gasteiger partial charge on any atom is -0.368 e. The third-order valence-electron chi connectivity index (χ3n) is 5.60. The summed E-state index contributed by atoms with van der Waals surface area (Å²) in [6, 6.07) is 13.0. The molecule has 8 nitrogen and oxygen atoms in total. The summed E-state index contributed by atoms with van der Waals surface area (Å²) in [5.41, 5.74) is 3.15. The SMILES string of the molecule is CCn1nnc2cc(C(=O)N(C)CC(=O)N3CCN(c4ccc(Cl)cc4)CC3)ccc21. The summed E-state index contributed by atoms with van der Waals surface area (Å²) in [5, 5.41) is 8.90. The molecule has 0 spiro atoms. The van der Waals surface area contributed by atoms with E-state index >= 15 is 0 Å². The van der Waals surface area contributed by atoms with Crippen molar-refractivity contribution < 1.29 is 9.59 Å². The number of rotatable bonds is 5. The second kappa shape index (κ2) is 8.93. The van der Waals surface area contributed by atoms with Gasteiger partial charge in [-0.1, -0.05) is 16.8 Å². The van der Waals surface area contributed by atoms with Crippen LogP contribution >= 0.6 is 11.6 Å². The lowest BCUT2D eigenvalue weighted by Gasteiger charge is -2.36. The molecule has 1 aliphatic rings. The number of anilines is 1. The molecular formula is C22H25ClN6O2. The molecule has 0 aliphatic carbocycles. The number of aryl methyl sites for hydroxylation is 1. The van der Waals surface area contributed by atoms with Crippen LogP contribution in [0.25, 0.3) is 11.0 Å². The quantitative estimate of drug-likeness (QED) is 0.609. The van der Waals surface area contributed by atoms with Crippen LogP contribution < -0.4 is 4.90 Å². The van der Waals surface area contributed by atoms with Crippen LogP contribution in [0.15, 0.2) is 42.5 Å². The summed E-state index contributed by atoms with van der Waals surface area (Å²) >= 11 is 5.96. The number of amides is 2. The van der Waals surface area contributed by atoms with Crippen molar-refractivity contribution in [3.8, 4) is 0 Å². The van der Waals surface area contributed by atoms with Crippen LogP contribution in [0.1, 0.15) is 17.3 Å². The number of carbonyl (C=O) groups is 2. The molecule has 0 bridgehead atoms. The Bertz CT molecular complexity index is 1090. The number of hydrogen-bond acceptors (Lipinski definition) is 5. The van der Waals surface area contributed by atoms with Crippen LogP contribution in [0.3, 0.4) is 0 Å². The molecule has 4 rings (SSSR count). The summed E-state index contributed by atoms with van der Waals surface area (Å²) in [6.45, 7) is 5.47. The van der Waals surface area contributed by atoms with Crippen LogP contribution in [0.4, 0.5) is 5.69 Å². The van der Waals surface area contributed by atoms with Gasteiger partial charge in [0, 0.05) is 56.0 Å². The highest BCUT2D eigenvalue weighted by atomic mass is 35.5. The fourth-order valence-corrected chi connectivity index (χ4v) is 3.93. The van der Waals surface area contributed by atoms with Crippen molar-refractivity contribution >= 4 is 40.1 Å². The zero-order chi connectivity index (χ0) is 22.0. The minimum atomic E-state index is -0.207. The number of fused-ring (bicyclic) bond motifs is 1. The molecule has 2 amide bonds. The van der Waals surface area contributed by atoms with Crippen LogP contribution in [-0.4, -0.2) is 76.4 Å². The van der Waals surface area contributed by atoms with Gasteiger partial charge in [-0.05, 0) is 49.4 Å². The number of benzene rings is 2. The van der Waals surface area contributed by atoms with Gasteiger partial charge in [-0.3, -0.25) is 9.59 Å². The molecule has 2 aromatic carbocycles. The summed E-state index contributed by atoms with van der Waals surface area (Å²) in [5.74, 6) is -0.259. The van der Waals surface area contributed by atoms with Gasteiger partial charge in [0.25, 0.3) is 5.91 Å². The van der Waals surface area contributed by atoms with Crippen LogP contribution in [0, 0.1) is 0 Å². The maximum absolute atomic E-state index is 12.8. The topological polar surface area (TPSA) is 74.6 Å². The normalized spacial score (nSPS) is 14.2. The zero-order valence-corrected chi connectivity index (χ0v) is 18.4. The molecule has 0 unspecified atom stereocenters. The Kier molecular flexibility index (Phi) is 6.08. The Balaban J connectivity index is 1.34. The average molecular weight is 441 g/mol. The van der Waals surface area contributed by atoms with Gasteiger partial charge in [-0.25, -0.2) is 4.68 Å². The molecule has 1 aromatic heterocycles. The number of carbonyl (C=O) groups excluding carboxylic acids is 2. The molecule has 0 saturated carbocycles. The van der Waals surface area contributed by atoms with Crippen molar-refractivity contribution in [2.45, 2.75) is 13.5 Å². The van der Waals surface area contributed by atoms with E-state index in [4.69, 9.17) is 11.6 Å². The molecule has 0 N–H and O–H groups in total. The monoisotopic (exact) mass is 440 g/mol. The van der Waals surface area contributed by atoms with E-state index in [-0.39, 0.29) is 18.4 Å². The van der Waals surface area contributed by atoms with Crippen LogP contribution in [0.5, 0.6) is 0 Å². The van der Waals surface area contributed by atoms with E-state index in [1.807, 2.05) is 42.2 Å². The molecule has 1 fully saturated rings. The summed E-state index contributed by atoms with van der Waals surface area (Å²) in [7, 11) is 1.65. The molecule has 0 atom stereocenters. The molecule has 9 heteroatoms. The smallest absolute Gasteiger partial charge is 0.254 e. The molecular weight excluding hydrogens is 416 g/mol. The Labute approximate surface area is 186 Å². The van der Waals surface area contributed by atoms with Gasteiger partial charge in [0.2, 0.25) is 5.91 Å². The second-order valence-electron chi connectivity index (χ2n) is 7.61. The van der Waals surface area contributed by atoms with Crippen molar-refractivity contribution in [3.05, 3.63) is 53.1 Å². The Morgan fingerprint density at radius 2 is 1.77 bits per heavy atom. The van der Waals surface area contributed by atoms with Gasteiger partial charge in [-0.2, -0.15) is 0 Å². The third kappa shape index (κ3) is 4.49. The molecule has 31 heavy (non-hydrogen) atoms. The third-order valence-corrected chi connectivity index (χ3v) is 5.86. The van der Waals surface area contributed by atoms with Gasteiger partial charge in [-0.15, -0.1) is 5.10 Å². The number of likely N-dealkylation sites (N-methyl/N-ethyl adjacent to an activating group) is 1. The van der Waals surface area contributed by atoms with E-state index in [9.17, 15) is 9.59 Å². The van der Waals surface area contributed by atoms with Crippen molar-refractivity contribution in [1.29, 1.82) is 0 Å². The maximum atomic E-state index is 12.8. The standard InChI is InChI=1S/C22H25ClN6O2/c1-3-29-20-9-4-16(14-19(20)24-25-29)22(31)26(2)15-21(30)28-12-10-27(11-13-28)18-7-5-17(23)6-8-18/h4-9,14H,3,10-13,15H2,1-2H3. The highest BCUT2D eigenvalue weighted by molar-refractivity contribution is 6.30. The number of piperazine rings is 1. The molecule has 2 heterocycles. The fourth-order valence-electron chi connectivity index (χ4n) is 3.80. The summed E-state index contributed by atoms with van der Waals surface area (Å²) in [4.78, 5) is 31.1. The zero-order valence-electron chi connectivity index (χ0n) is 17.7. The Morgan fingerprint density at radius 1 is 1.06 bits per heavy atom. The van der Waals surface area contributed by atoms with E-state index in [0.717, 1.165) is 24.3 Å². The van der Waals surface area contributed by atoms with Gasteiger partial charge in [0.05, 0.1) is 12.1 Å². The molecule has 1 aliphatic heterocycles. The highest BCUT2D eigenvalue weighted by Crippen LogP contribution is 2.20. The second-order valence-corrected chi connectivity index (χ2v) is 8.05. The highest BCUT2D eigenvalue weighted by Gasteiger charge is 2.24. The molecule has 1 saturated heterocycles. The van der Waals surface area contributed by atoms with E-state index in [0.29, 0.717) is 35.7 Å². The van der Waals surface area contributed by atoms with Crippen LogP contribution in [-0.2, 0) is 11.3 Å². The van der Waals surface area contributed by atoms with Crippen LogP contribution in [0.2, 0.25) is 5.02 Å². The maximum Gasteiger partial charge on any atom is 0.254 e. The molecule has 162 valence electrons. The number of nitrogens with zero attached hydrogens (tertiary/aromatic N) is 6. The Morgan fingerprint density at radius 3 is 2.45 bits per heavy atom. The van der Waals surface area contributed by atoms with Crippen molar-refractivity contribution in [2.75, 3.05) is 44.7 Å². The fraction of sp³-hybridized carbons (Fsp3) is 0.364. The van der Waals surface area contributed by atoms with Crippen molar-refractivity contribution in [3.63, 3.8) is 0 Å². The van der Waals surface area contributed by atoms with Gasteiger partial charge < -0.3 is 14.7 Å². The number of halogens is 1.